The van der Waals surface area contributed by atoms with E-state index in [1.54, 1.807) is 42.9 Å². The summed E-state index contributed by atoms with van der Waals surface area (Å²) in [4.78, 5) is 20.6. The molecule has 0 aliphatic carbocycles. The minimum atomic E-state index is -0.393. The summed E-state index contributed by atoms with van der Waals surface area (Å²) in [6.07, 6.45) is 4.88. The van der Waals surface area contributed by atoms with Crippen LogP contribution >= 0.6 is 22.6 Å². The van der Waals surface area contributed by atoms with Crippen molar-refractivity contribution in [2.45, 2.75) is 0 Å². The molecule has 21 heavy (non-hydrogen) atoms. The molecule has 0 saturated carbocycles. The van der Waals surface area contributed by atoms with Gasteiger partial charge in [-0.05, 0) is 52.9 Å². The van der Waals surface area contributed by atoms with Crippen LogP contribution in [-0.2, 0) is 0 Å². The van der Waals surface area contributed by atoms with Gasteiger partial charge in [0.1, 0.15) is 5.82 Å². The fourth-order valence-electron chi connectivity index (χ4n) is 1.94. The van der Waals surface area contributed by atoms with Gasteiger partial charge < -0.3 is 0 Å². The van der Waals surface area contributed by atoms with Gasteiger partial charge in [-0.25, -0.2) is 14.4 Å². The molecule has 0 radical (unpaired) electrons. The summed E-state index contributed by atoms with van der Waals surface area (Å²) >= 11 is 1.96. The van der Waals surface area contributed by atoms with Crippen molar-refractivity contribution < 1.29 is 4.39 Å². The molecule has 104 valence electrons. The van der Waals surface area contributed by atoms with Crippen LogP contribution in [0.15, 0.2) is 59.8 Å². The van der Waals surface area contributed by atoms with Crippen LogP contribution in [0.2, 0.25) is 0 Å². The number of hydrogen-bond donors (Lipinski definition) is 0. The van der Waals surface area contributed by atoms with Crippen LogP contribution in [0.25, 0.3) is 17.1 Å². The van der Waals surface area contributed by atoms with E-state index in [0.717, 1.165) is 0 Å². The van der Waals surface area contributed by atoms with Crippen molar-refractivity contribution in [3.05, 3.63) is 74.7 Å². The van der Waals surface area contributed by atoms with Gasteiger partial charge >= 0.3 is 0 Å². The highest BCUT2D eigenvalue weighted by Gasteiger charge is 2.09. The number of rotatable bonds is 2. The lowest BCUT2D eigenvalue weighted by Gasteiger charge is -2.09. The Morgan fingerprint density at radius 1 is 1.10 bits per heavy atom. The first-order valence-corrected chi connectivity index (χ1v) is 7.18. The lowest BCUT2D eigenvalue weighted by atomic mass is 10.2. The van der Waals surface area contributed by atoms with Crippen LogP contribution in [-0.4, -0.2) is 14.5 Å². The van der Waals surface area contributed by atoms with Crippen molar-refractivity contribution in [3.63, 3.8) is 0 Å². The molecule has 2 aromatic heterocycles. The van der Waals surface area contributed by atoms with E-state index in [2.05, 4.69) is 9.97 Å². The van der Waals surface area contributed by atoms with E-state index < -0.39 is 5.82 Å². The molecule has 0 amide bonds. The van der Waals surface area contributed by atoms with Gasteiger partial charge in [-0.3, -0.25) is 9.36 Å². The second-order valence-corrected chi connectivity index (χ2v) is 5.47. The summed E-state index contributed by atoms with van der Waals surface area (Å²) in [6.45, 7) is 0. The Hall–Kier alpha value is -2.09. The van der Waals surface area contributed by atoms with Crippen molar-refractivity contribution in [1.29, 1.82) is 0 Å². The van der Waals surface area contributed by atoms with E-state index >= 15 is 0 Å². The summed E-state index contributed by atoms with van der Waals surface area (Å²) in [5.41, 5.74) is 0.959. The molecular formula is C15H9FIN3O. The summed E-state index contributed by atoms with van der Waals surface area (Å²) < 4.78 is 15.3. The van der Waals surface area contributed by atoms with Crippen molar-refractivity contribution in [2.75, 3.05) is 0 Å². The van der Waals surface area contributed by atoms with Crippen LogP contribution < -0.4 is 5.56 Å². The second-order valence-electron chi connectivity index (χ2n) is 4.30. The molecule has 0 bridgehead atoms. The number of nitrogens with zero attached hydrogens (tertiary/aromatic N) is 3. The monoisotopic (exact) mass is 393 g/mol. The highest BCUT2D eigenvalue weighted by Crippen LogP contribution is 2.17. The molecule has 3 rings (SSSR count). The number of benzene rings is 1. The van der Waals surface area contributed by atoms with Gasteiger partial charge in [0.15, 0.2) is 5.82 Å². The molecule has 2 heterocycles. The average molecular weight is 393 g/mol. The summed E-state index contributed by atoms with van der Waals surface area (Å²) in [5, 5.41) is 0. The topological polar surface area (TPSA) is 47.8 Å². The standard InChI is InChI=1S/C15H9FIN3O/c16-11-3-1-4-12(8-11)20-9-10(7-13(17)15(20)21)14-18-5-2-6-19-14/h1-9H. The van der Waals surface area contributed by atoms with Gasteiger partial charge in [-0.15, -0.1) is 0 Å². The van der Waals surface area contributed by atoms with E-state index in [-0.39, 0.29) is 5.56 Å². The Morgan fingerprint density at radius 2 is 1.86 bits per heavy atom. The lowest BCUT2D eigenvalue weighted by Crippen LogP contribution is -2.20. The maximum absolute atomic E-state index is 13.4. The quantitative estimate of drug-likeness (QED) is 0.629. The summed E-state index contributed by atoms with van der Waals surface area (Å²) in [6, 6.07) is 9.33. The Kier molecular flexibility index (Phi) is 3.78. The lowest BCUT2D eigenvalue weighted by molar-refractivity contribution is 0.626. The molecule has 0 N–H and O–H groups in total. The predicted molar refractivity (Wildman–Crippen MR) is 85.7 cm³/mol. The fraction of sp³-hybridized carbons (Fsp3) is 0. The van der Waals surface area contributed by atoms with Gasteiger partial charge in [-0.2, -0.15) is 0 Å². The van der Waals surface area contributed by atoms with Crippen molar-refractivity contribution in [2.24, 2.45) is 0 Å². The van der Waals surface area contributed by atoms with Crippen LogP contribution in [0.1, 0.15) is 0 Å². The molecule has 0 atom stereocenters. The highest BCUT2D eigenvalue weighted by atomic mass is 127. The van der Waals surface area contributed by atoms with E-state index in [9.17, 15) is 9.18 Å². The number of pyridine rings is 1. The maximum atomic E-state index is 13.4. The molecule has 6 heteroatoms. The highest BCUT2D eigenvalue weighted by molar-refractivity contribution is 14.1. The van der Waals surface area contributed by atoms with E-state index in [0.29, 0.717) is 20.6 Å². The predicted octanol–water partition coefficient (Wildman–Crippen LogP) is 3.04. The zero-order valence-corrected chi connectivity index (χ0v) is 12.9. The van der Waals surface area contributed by atoms with Crippen LogP contribution in [0, 0.1) is 9.39 Å². The zero-order chi connectivity index (χ0) is 14.8. The van der Waals surface area contributed by atoms with E-state index in [1.165, 1.54) is 16.7 Å². The van der Waals surface area contributed by atoms with E-state index in [4.69, 9.17) is 0 Å². The molecule has 3 aromatic rings. The largest absolute Gasteiger partial charge is 0.283 e. The first kappa shape index (κ1) is 13.9. The molecule has 4 nitrogen and oxygen atoms in total. The van der Waals surface area contributed by atoms with Crippen molar-refractivity contribution >= 4 is 22.6 Å². The first-order valence-electron chi connectivity index (χ1n) is 6.11. The number of halogens is 2. The average Bonchev–Trinajstić information content (AvgIpc) is 2.51. The van der Waals surface area contributed by atoms with Crippen LogP contribution in [0.4, 0.5) is 4.39 Å². The van der Waals surface area contributed by atoms with Gasteiger partial charge in [0.25, 0.3) is 5.56 Å². The first-order chi connectivity index (χ1) is 10.1. The van der Waals surface area contributed by atoms with Crippen LogP contribution in [0.5, 0.6) is 0 Å². The van der Waals surface area contributed by atoms with Gasteiger partial charge in [0, 0.05) is 24.2 Å². The summed E-state index contributed by atoms with van der Waals surface area (Å²) in [7, 11) is 0. The fourth-order valence-corrected chi connectivity index (χ4v) is 2.53. The van der Waals surface area contributed by atoms with E-state index in [1.807, 2.05) is 22.6 Å². The van der Waals surface area contributed by atoms with Gasteiger partial charge in [-0.1, -0.05) is 6.07 Å². The minimum Gasteiger partial charge on any atom is -0.283 e. The smallest absolute Gasteiger partial charge is 0.268 e. The Bertz CT molecular complexity index is 849. The molecule has 0 aliphatic heterocycles. The normalized spacial score (nSPS) is 10.6. The molecule has 0 aliphatic rings. The third-order valence-corrected chi connectivity index (χ3v) is 3.66. The van der Waals surface area contributed by atoms with Crippen molar-refractivity contribution in [1.82, 2.24) is 14.5 Å². The second kappa shape index (κ2) is 5.72. The van der Waals surface area contributed by atoms with Gasteiger partial charge in [0.05, 0.1) is 9.26 Å². The third kappa shape index (κ3) is 2.85. The molecule has 0 spiro atoms. The Labute approximate surface area is 133 Å². The van der Waals surface area contributed by atoms with Crippen LogP contribution in [0.3, 0.4) is 0 Å². The minimum absolute atomic E-state index is 0.208. The molecule has 0 unspecified atom stereocenters. The molecule has 0 saturated heterocycles. The molecule has 1 aromatic carbocycles. The number of aromatic nitrogens is 3. The molecular weight excluding hydrogens is 384 g/mol. The summed E-state index contributed by atoms with van der Waals surface area (Å²) in [5.74, 6) is 0.122. The van der Waals surface area contributed by atoms with Crippen molar-refractivity contribution in [3.8, 4) is 17.1 Å². The van der Waals surface area contributed by atoms with Gasteiger partial charge in [0.2, 0.25) is 0 Å². The zero-order valence-electron chi connectivity index (χ0n) is 10.7. The Morgan fingerprint density at radius 3 is 2.57 bits per heavy atom. The number of hydrogen-bond acceptors (Lipinski definition) is 3. The SMILES string of the molecule is O=c1c(I)cc(-c2ncccn2)cn1-c1cccc(F)c1. The Balaban J connectivity index is 2.22. The molecule has 0 fully saturated rings. The maximum Gasteiger partial charge on any atom is 0.268 e. The third-order valence-electron chi connectivity index (χ3n) is 2.88.